The number of hydrogen-bond donors (Lipinski definition) is 1. The second kappa shape index (κ2) is 11.9. The number of para-hydroxylation sites is 1. The average molecular weight is 537 g/mol. The van der Waals surface area contributed by atoms with Crippen LogP contribution in [0.25, 0.3) is 0 Å². The summed E-state index contributed by atoms with van der Waals surface area (Å²) >= 11 is 12.1. The highest BCUT2D eigenvalue weighted by molar-refractivity contribution is 7.92. The molecule has 3 aromatic carbocycles. The van der Waals surface area contributed by atoms with Crippen LogP contribution >= 0.6 is 23.2 Å². The Bertz CT molecular complexity index is 1290. The summed E-state index contributed by atoms with van der Waals surface area (Å²) < 4.78 is 32.5. The Balaban J connectivity index is 1.82. The number of esters is 1. The van der Waals surface area contributed by atoms with E-state index < -0.39 is 21.9 Å². The van der Waals surface area contributed by atoms with Crippen LogP contribution < -0.4 is 14.6 Å². The molecule has 0 radical (unpaired) electrons. The van der Waals surface area contributed by atoms with Crippen LogP contribution in [-0.2, 0) is 19.6 Å². The molecular weight excluding hydrogens is 515 g/mol. The SMILES string of the molecule is CCOC(=O)CCNC(=O)c1ccc(S(=O)(=O)N(Oc2ccc(Cl)cc2Cl)c2ccccc2)cc1. The van der Waals surface area contributed by atoms with Crippen molar-refractivity contribution in [1.29, 1.82) is 0 Å². The number of amides is 1. The standard InChI is InChI=1S/C24H22Cl2N2O6S/c1-2-33-23(29)14-15-27-24(30)17-8-11-20(12-9-17)35(31,32)28(19-6-4-3-5-7-19)34-22-13-10-18(25)16-21(22)26/h3-13,16H,2,14-15H2,1H3,(H,27,30). The lowest BCUT2D eigenvalue weighted by Gasteiger charge is -2.24. The summed E-state index contributed by atoms with van der Waals surface area (Å²) in [5.41, 5.74) is 0.458. The molecule has 35 heavy (non-hydrogen) atoms. The third-order valence-electron chi connectivity index (χ3n) is 4.59. The number of nitrogens with one attached hydrogen (secondary N) is 1. The molecule has 184 valence electrons. The second-order valence-corrected chi connectivity index (χ2v) is 9.67. The molecule has 0 heterocycles. The highest BCUT2D eigenvalue weighted by Gasteiger charge is 2.28. The van der Waals surface area contributed by atoms with Gasteiger partial charge in [0.2, 0.25) is 0 Å². The first-order chi connectivity index (χ1) is 16.7. The van der Waals surface area contributed by atoms with E-state index in [9.17, 15) is 18.0 Å². The smallest absolute Gasteiger partial charge is 0.307 e. The molecule has 8 nitrogen and oxygen atoms in total. The van der Waals surface area contributed by atoms with Gasteiger partial charge in [-0.2, -0.15) is 8.42 Å². The number of halogens is 2. The molecular formula is C24H22Cl2N2O6S. The quantitative estimate of drug-likeness (QED) is 0.293. The van der Waals surface area contributed by atoms with Crippen molar-refractivity contribution in [3.8, 4) is 5.75 Å². The monoisotopic (exact) mass is 536 g/mol. The fraction of sp³-hybridized carbons (Fsp3) is 0.167. The van der Waals surface area contributed by atoms with Gasteiger partial charge >= 0.3 is 5.97 Å². The maximum absolute atomic E-state index is 13.5. The number of anilines is 1. The Morgan fingerprint density at radius 1 is 0.971 bits per heavy atom. The van der Waals surface area contributed by atoms with E-state index in [1.54, 1.807) is 37.3 Å². The molecule has 0 aliphatic heterocycles. The van der Waals surface area contributed by atoms with E-state index in [4.69, 9.17) is 32.8 Å². The zero-order chi connectivity index (χ0) is 25.4. The maximum Gasteiger partial charge on any atom is 0.307 e. The first-order valence-corrected chi connectivity index (χ1v) is 12.7. The highest BCUT2D eigenvalue weighted by atomic mass is 35.5. The van der Waals surface area contributed by atoms with Crippen molar-refractivity contribution in [2.45, 2.75) is 18.2 Å². The van der Waals surface area contributed by atoms with Gasteiger partial charge in [-0.3, -0.25) is 9.59 Å². The lowest BCUT2D eigenvalue weighted by molar-refractivity contribution is -0.142. The van der Waals surface area contributed by atoms with Crippen LogP contribution in [0, 0.1) is 0 Å². The Morgan fingerprint density at radius 3 is 2.29 bits per heavy atom. The Morgan fingerprint density at radius 2 is 1.66 bits per heavy atom. The van der Waals surface area contributed by atoms with E-state index in [2.05, 4.69) is 5.32 Å². The van der Waals surface area contributed by atoms with Crippen molar-refractivity contribution >= 4 is 50.8 Å². The van der Waals surface area contributed by atoms with Gasteiger partial charge in [0.25, 0.3) is 15.9 Å². The molecule has 0 aromatic heterocycles. The number of ether oxygens (including phenoxy) is 1. The van der Waals surface area contributed by atoms with Crippen molar-refractivity contribution in [3.05, 3.63) is 88.4 Å². The Labute approximate surface area is 213 Å². The lowest BCUT2D eigenvalue weighted by Crippen LogP contribution is -2.34. The minimum Gasteiger partial charge on any atom is -0.466 e. The molecule has 0 spiro atoms. The number of rotatable bonds is 10. The number of carbonyl (C=O) groups is 2. The summed E-state index contributed by atoms with van der Waals surface area (Å²) in [4.78, 5) is 29.3. The summed E-state index contributed by atoms with van der Waals surface area (Å²) in [5.74, 6) is -0.792. The number of hydrogen-bond acceptors (Lipinski definition) is 6. The van der Waals surface area contributed by atoms with Crippen molar-refractivity contribution in [3.63, 3.8) is 0 Å². The summed E-state index contributed by atoms with van der Waals surface area (Å²) in [5, 5.41) is 3.09. The van der Waals surface area contributed by atoms with E-state index >= 15 is 0 Å². The first kappa shape index (κ1) is 26.3. The van der Waals surface area contributed by atoms with Gasteiger partial charge < -0.3 is 14.9 Å². The number of nitrogens with zero attached hydrogens (tertiary/aromatic N) is 1. The zero-order valence-electron chi connectivity index (χ0n) is 18.6. The van der Waals surface area contributed by atoms with Gasteiger partial charge in [-0.1, -0.05) is 45.9 Å². The Kier molecular flexibility index (Phi) is 8.97. The molecule has 0 unspecified atom stereocenters. The van der Waals surface area contributed by atoms with E-state index in [0.717, 1.165) is 4.47 Å². The normalized spacial score (nSPS) is 10.9. The number of sulfonamides is 1. The molecule has 0 atom stereocenters. The molecule has 0 aliphatic rings. The maximum atomic E-state index is 13.5. The van der Waals surface area contributed by atoms with E-state index in [1.807, 2.05) is 0 Å². The van der Waals surface area contributed by atoms with E-state index in [1.165, 1.54) is 42.5 Å². The minimum absolute atomic E-state index is 0.0304. The number of benzene rings is 3. The van der Waals surface area contributed by atoms with Crippen LogP contribution in [0.1, 0.15) is 23.7 Å². The highest BCUT2D eigenvalue weighted by Crippen LogP contribution is 2.32. The van der Waals surface area contributed by atoms with Gasteiger partial charge in [0.05, 0.1) is 28.6 Å². The molecule has 0 aliphatic carbocycles. The van der Waals surface area contributed by atoms with Crippen LogP contribution in [0.2, 0.25) is 10.0 Å². The third kappa shape index (κ3) is 6.88. The van der Waals surface area contributed by atoms with Crippen LogP contribution in [0.3, 0.4) is 0 Å². The molecule has 0 saturated heterocycles. The zero-order valence-corrected chi connectivity index (χ0v) is 20.9. The first-order valence-electron chi connectivity index (χ1n) is 10.5. The predicted octanol–water partition coefficient (Wildman–Crippen LogP) is 4.87. The fourth-order valence-electron chi connectivity index (χ4n) is 2.92. The molecule has 1 N–H and O–H groups in total. The van der Waals surface area contributed by atoms with Crippen molar-refractivity contribution in [2.24, 2.45) is 0 Å². The molecule has 0 fully saturated rings. The summed E-state index contributed by atoms with van der Waals surface area (Å²) in [7, 11) is -4.23. The Hall–Kier alpha value is -3.27. The van der Waals surface area contributed by atoms with Gasteiger partial charge in [-0.25, -0.2) is 0 Å². The van der Waals surface area contributed by atoms with Gasteiger partial charge in [0.1, 0.15) is 0 Å². The summed E-state index contributed by atoms with van der Waals surface area (Å²) in [6, 6.07) is 17.9. The molecule has 11 heteroatoms. The molecule has 3 rings (SSSR count). The molecule has 1 amide bonds. The van der Waals surface area contributed by atoms with Crippen LogP contribution in [0.15, 0.2) is 77.7 Å². The average Bonchev–Trinajstić information content (AvgIpc) is 2.84. The van der Waals surface area contributed by atoms with E-state index in [-0.39, 0.29) is 46.5 Å². The third-order valence-corrected chi connectivity index (χ3v) is 6.72. The van der Waals surface area contributed by atoms with Crippen LogP contribution in [0.4, 0.5) is 5.69 Å². The van der Waals surface area contributed by atoms with Gasteiger partial charge in [-0.05, 0) is 61.5 Å². The van der Waals surface area contributed by atoms with Gasteiger partial charge in [0, 0.05) is 17.1 Å². The van der Waals surface area contributed by atoms with Crippen LogP contribution in [-0.4, -0.2) is 33.4 Å². The lowest BCUT2D eigenvalue weighted by atomic mass is 10.2. The van der Waals surface area contributed by atoms with Crippen molar-refractivity contribution in [1.82, 2.24) is 5.32 Å². The minimum atomic E-state index is -4.23. The van der Waals surface area contributed by atoms with Gasteiger partial charge in [-0.15, -0.1) is 0 Å². The molecule has 0 bridgehead atoms. The largest absolute Gasteiger partial charge is 0.466 e. The topological polar surface area (TPSA) is 102 Å². The van der Waals surface area contributed by atoms with Gasteiger partial charge in [0.15, 0.2) is 5.75 Å². The predicted molar refractivity (Wildman–Crippen MR) is 133 cm³/mol. The van der Waals surface area contributed by atoms with Crippen molar-refractivity contribution in [2.75, 3.05) is 17.6 Å². The number of carbonyl (C=O) groups excluding carboxylic acids is 2. The molecule has 0 saturated carbocycles. The second-order valence-electron chi connectivity index (χ2n) is 7.07. The van der Waals surface area contributed by atoms with E-state index in [0.29, 0.717) is 5.02 Å². The summed E-state index contributed by atoms with van der Waals surface area (Å²) in [6.07, 6.45) is 0.0304. The molecule has 3 aromatic rings. The van der Waals surface area contributed by atoms with Crippen molar-refractivity contribution < 1.29 is 27.6 Å². The summed E-state index contributed by atoms with van der Waals surface area (Å²) in [6.45, 7) is 2.05. The van der Waals surface area contributed by atoms with Crippen LogP contribution in [0.5, 0.6) is 5.75 Å². The fourth-order valence-corrected chi connectivity index (χ4v) is 4.61.